The molecule has 1 aromatic heterocycles. The van der Waals surface area contributed by atoms with E-state index in [-0.39, 0.29) is 17.8 Å². The van der Waals surface area contributed by atoms with E-state index in [9.17, 15) is 9.59 Å². The summed E-state index contributed by atoms with van der Waals surface area (Å²) in [5.41, 5.74) is 0.892. The molecule has 1 aromatic carbocycles. The van der Waals surface area contributed by atoms with Gasteiger partial charge in [-0.15, -0.1) is 0 Å². The maximum atomic E-state index is 12.4. The van der Waals surface area contributed by atoms with Crippen LogP contribution in [-0.4, -0.2) is 42.4 Å². The van der Waals surface area contributed by atoms with Gasteiger partial charge in [0.1, 0.15) is 17.6 Å². The number of halogens is 1. The molecule has 0 saturated carbocycles. The monoisotopic (exact) mass is 409 g/mol. The molecule has 134 valence electrons. The number of rotatable bonds is 8. The van der Waals surface area contributed by atoms with Crippen LogP contribution in [0.2, 0.25) is 0 Å². The van der Waals surface area contributed by atoms with Crippen molar-refractivity contribution in [2.45, 2.75) is 19.0 Å². The maximum absolute atomic E-state index is 12.4. The Bertz CT molecular complexity index is 684. The van der Waals surface area contributed by atoms with Gasteiger partial charge in [-0.2, -0.15) is 0 Å². The van der Waals surface area contributed by atoms with Crippen molar-refractivity contribution >= 4 is 27.8 Å². The molecule has 0 bridgehead atoms. The predicted molar refractivity (Wildman–Crippen MR) is 95.6 cm³/mol. The molecule has 0 aliphatic heterocycles. The number of ether oxygens (including phenoxy) is 2. The van der Waals surface area contributed by atoms with Crippen LogP contribution in [0, 0.1) is 0 Å². The number of esters is 1. The molecule has 0 aliphatic rings. The lowest BCUT2D eigenvalue weighted by atomic mass is 10.0. The first-order valence-corrected chi connectivity index (χ1v) is 8.79. The minimum atomic E-state index is -0.756. The highest BCUT2D eigenvalue weighted by Crippen LogP contribution is 2.18. The number of methoxy groups -OCH3 is 2. The highest BCUT2D eigenvalue weighted by Gasteiger charge is 2.31. The average Bonchev–Trinajstić information content (AvgIpc) is 3.17. The molecule has 1 heterocycles. The molecule has 0 fully saturated rings. The molecule has 2 rings (SSSR count). The van der Waals surface area contributed by atoms with Crippen molar-refractivity contribution < 1.29 is 23.5 Å². The minimum Gasteiger partial charge on any atom is -0.497 e. The van der Waals surface area contributed by atoms with Gasteiger partial charge in [0.15, 0.2) is 0 Å². The second-order valence-corrected chi connectivity index (χ2v) is 5.89. The van der Waals surface area contributed by atoms with Gasteiger partial charge in [-0.1, -0.05) is 28.1 Å². The number of hydrogen-bond acceptors (Lipinski definition) is 5. The predicted octanol–water partition coefficient (Wildman–Crippen LogP) is 2.80. The lowest BCUT2D eigenvalue weighted by Gasteiger charge is -2.29. The second-order valence-electron chi connectivity index (χ2n) is 5.33. The molecule has 0 aliphatic carbocycles. The number of furan rings is 1. The van der Waals surface area contributed by atoms with Crippen LogP contribution in [0.4, 0.5) is 0 Å². The molecule has 1 atom stereocenters. The van der Waals surface area contributed by atoms with Gasteiger partial charge in [0.05, 0.1) is 32.4 Å². The molecule has 25 heavy (non-hydrogen) atoms. The van der Waals surface area contributed by atoms with Gasteiger partial charge in [-0.3, -0.25) is 4.79 Å². The zero-order valence-electron chi connectivity index (χ0n) is 14.1. The molecule has 7 heteroatoms. The Hall–Kier alpha value is -2.28. The number of carbonyl (C=O) groups excluding carboxylic acids is 2. The van der Waals surface area contributed by atoms with Crippen molar-refractivity contribution in [3.05, 3.63) is 54.0 Å². The molecule has 0 spiro atoms. The number of nitrogens with zero attached hydrogens (tertiary/aromatic N) is 1. The van der Waals surface area contributed by atoms with Gasteiger partial charge < -0.3 is 18.8 Å². The Morgan fingerprint density at radius 3 is 2.44 bits per heavy atom. The van der Waals surface area contributed by atoms with Crippen LogP contribution in [0.15, 0.2) is 47.1 Å². The smallest absolute Gasteiger partial charge is 0.328 e. The number of hydrogen-bond donors (Lipinski definition) is 0. The highest BCUT2D eigenvalue weighted by molar-refractivity contribution is 9.09. The zero-order valence-corrected chi connectivity index (χ0v) is 15.7. The summed E-state index contributed by atoms with van der Waals surface area (Å²) in [4.78, 5) is 26.2. The third kappa shape index (κ3) is 5.09. The molecular weight excluding hydrogens is 390 g/mol. The topological polar surface area (TPSA) is 69.0 Å². The molecule has 2 aromatic rings. The van der Waals surface area contributed by atoms with Crippen molar-refractivity contribution in [2.75, 3.05) is 19.5 Å². The second kappa shape index (κ2) is 9.27. The molecule has 0 unspecified atom stereocenters. The summed E-state index contributed by atoms with van der Waals surface area (Å²) in [6.07, 6.45) is 1.86. The van der Waals surface area contributed by atoms with E-state index in [0.29, 0.717) is 12.2 Å². The number of benzene rings is 1. The molecule has 1 amide bonds. The van der Waals surface area contributed by atoms with Crippen LogP contribution >= 0.6 is 15.9 Å². The number of amides is 1. The first-order valence-electron chi connectivity index (χ1n) is 7.67. The van der Waals surface area contributed by atoms with Gasteiger partial charge in [0.2, 0.25) is 5.91 Å². The lowest BCUT2D eigenvalue weighted by molar-refractivity contribution is -0.152. The number of alkyl halides is 1. The first-order chi connectivity index (χ1) is 12.1. The van der Waals surface area contributed by atoms with E-state index in [1.165, 1.54) is 18.3 Å². The Kier molecular flexibility index (Phi) is 7.06. The molecule has 0 radical (unpaired) electrons. The van der Waals surface area contributed by atoms with E-state index in [4.69, 9.17) is 13.9 Å². The van der Waals surface area contributed by atoms with Crippen LogP contribution in [0.5, 0.6) is 5.75 Å². The van der Waals surface area contributed by atoms with Crippen LogP contribution in [0.1, 0.15) is 11.3 Å². The quantitative estimate of drug-likeness (QED) is 0.495. The van der Waals surface area contributed by atoms with E-state index in [0.717, 1.165) is 11.3 Å². The maximum Gasteiger partial charge on any atom is 0.328 e. The van der Waals surface area contributed by atoms with Crippen LogP contribution in [0.25, 0.3) is 0 Å². The first kappa shape index (κ1) is 19.1. The third-order valence-electron chi connectivity index (χ3n) is 3.78. The summed E-state index contributed by atoms with van der Waals surface area (Å²) >= 11 is 3.17. The van der Waals surface area contributed by atoms with Gasteiger partial charge in [-0.25, -0.2) is 4.79 Å². The Balaban J connectivity index is 2.27. The summed E-state index contributed by atoms with van der Waals surface area (Å²) in [6.45, 7) is 0.188. The summed E-state index contributed by atoms with van der Waals surface area (Å²) in [5, 5.41) is 0.101. The van der Waals surface area contributed by atoms with E-state index in [1.54, 1.807) is 19.2 Å². The molecular formula is C18H20BrNO5. The summed E-state index contributed by atoms with van der Waals surface area (Å²) in [6, 6.07) is 10.1. The Morgan fingerprint density at radius 2 is 1.92 bits per heavy atom. The van der Waals surface area contributed by atoms with Gasteiger partial charge in [-0.05, 0) is 29.8 Å². The van der Waals surface area contributed by atoms with Crippen LogP contribution in [-0.2, 0) is 27.3 Å². The molecule has 0 N–H and O–H groups in total. The Morgan fingerprint density at radius 1 is 1.20 bits per heavy atom. The fourth-order valence-electron chi connectivity index (χ4n) is 2.46. The third-order valence-corrected chi connectivity index (χ3v) is 4.26. The van der Waals surface area contributed by atoms with Gasteiger partial charge >= 0.3 is 5.97 Å². The Labute approximate surface area is 154 Å². The zero-order chi connectivity index (χ0) is 18.2. The van der Waals surface area contributed by atoms with Gasteiger partial charge in [0, 0.05) is 6.42 Å². The van der Waals surface area contributed by atoms with Crippen LogP contribution < -0.4 is 4.74 Å². The normalized spacial score (nSPS) is 11.6. The summed E-state index contributed by atoms with van der Waals surface area (Å²) in [7, 11) is 2.90. The fraction of sp³-hybridized carbons (Fsp3) is 0.333. The van der Waals surface area contributed by atoms with E-state index in [1.807, 2.05) is 24.3 Å². The van der Waals surface area contributed by atoms with Crippen LogP contribution in [0.3, 0.4) is 0 Å². The van der Waals surface area contributed by atoms with Crippen molar-refractivity contribution in [1.82, 2.24) is 4.90 Å². The van der Waals surface area contributed by atoms with E-state index < -0.39 is 12.0 Å². The average molecular weight is 410 g/mol. The van der Waals surface area contributed by atoms with E-state index in [2.05, 4.69) is 15.9 Å². The fourth-order valence-corrected chi connectivity index (χ4v) is 2.78. The summed E-state index contributed by atoms with van der Waals surface area (Å²) in [5.74, 6) is 0.622. The molecule has 0 saturated heterocycles. The SMILES string of the molecule is COC(=O)[C@H](Cc1ccc(OC)cc1)N(Cc1ccco1)C(=O)CBr. The molecule has 6 nitrogen and oxygen atoms in total. The highest BCUT2D eigenvalue weighted by atomic mass is 79.9. The van der Waals surface area contributed by atoms with Crippen molar-refractivity contribution in [1.29, 1.82) is 0 Å². The largest absolute Gasteiger partial charge is 0.497 e. The lowest BCUT2D eigenvalue weighted by Crippen LogP contribution is -2.47. The van der Waals surface area contributed by atoms with Crippen molar-refractivity contribution in [3.8, 4) is 5.75 Å². The summed E-state index contributed by atoms with van der Waals surface area (Å²) < 4.78 is 15.4. The van der Waals surface area contributed by atoms with Gasteiger partial charge in [0.25, 0.3) is 0 Å². The van der Waals surface area contributed by atoms with Crippen molar-refractivity contribution in [2.24, 2.45) is 0 Å². The minimum absolute atomic E-state index is 0.101. The van der Waals surface area contributed by atoms with Crippen molar-refractivity contribution in [3.63, 3.8) is 0 Å². The standard InChI is InChI=1S/C18H20BrNO5/c1-23-14-7-5-13(6-8-14)10-16(18(22)24-2)20(17(21)11-19)12-15-4-3-9-25-15/h3-9,16H,10-12H2,1-2H3/t16-/m0/s1. The number of carbonyl (C=O) groups is 2. The van der Waals surface area contributed by atoms with E-state index >= 15 is 0 Å².